The molecule has 2 heterocycles. The first kappa shape index (κ1) is 44.5. The van der Waals surface area contributed by atoms with Gasteiger partial charge in [-0.25, -0.2) is 15.5 Å². The Morgan fingerprint density at radius 2 is 1.50 bits per heavy atom. The van der Waals surface area contributed by atoms with Crippen molar-refractivity contribution in [2.24, 2.45) is 10.9 Å². The minimum atomic E-state index is -1.01. The quantitative estimate of drug-likeness (QED) is 0.0859. The number of carbonyl (C=O) groups excluding carboxylic acids is 6. The zero-order valence-corrected chi connectivity index (χ0v) is 34.0. The number of carbonyl (C=O) groups is 6. The zero-order chi connectivity index (χ0) is 42.7. The number of hydrogen-bond acceptors (Lipinski definition) is 14. The minimum absolute atomic E-state index is 0.0557. The Hall–Kier alpha value is -6.21. The molecular weight excluding hydrogens is 756 g/mol. The molecule has 2 aromatic rings. The van der Waals surface area contributed by atoms with Crippen LogP contribution < -0.4 is 45.2 Å². The third-order valence-corrected chi connectivity index (χ3v) is 9.33. The van der Waals surface area contributed by atoms with Gasteiger partial charge in [0.15, 0.2) is 23.0 Å². The highest BCUT2D eigenvalue weighted by atomic mass is 16.7. The second kappa shape index (κ2) is 20.3. The van der Waals surface area contributed by atoms with Gasteiger partial charge in [-0.1, -0.05) is 20.4 Å². The Bertz CT molecular complexity index is 1900. The van der Waals surface area contributed by atoms with Crippen LogP contribution in [0.3, 0.4) is 0 Å². The van der Waals surface area contributed by atoms with Gasteiger partial charge < -0.3 is 39.8 Å². The van der Waals surface area contributed by atoms with Crippen LogP contribution in [-0.4, -0.2) is 118 Å². The van der Waals surface area contributed by atoms with E-state index >= 15 is 0 Å². The van der Waals surface area contributed by atoms with E-state index in [2.05, 4.69) is 32.9 Å². The maximum atomic E-state index is 13.3. The second-order valence-electron chi connectivity index (χ2n) is 13.6. The van der Waals surface area contributed by atoms with Crippen LogP contribution in [-0.2, 0) is 24.0 Å². The maximum Gasteiger partial charge on any atom is 0.280 e. The molecule has 19 heteroatoms. The summed E-state index contributed by atoms with van der Waals surface area (Å²) in [5.41, 5.74) is 3.99. The molecule has 0 radical (unpaired) electrons. The van der Waals surface area contributed by atoms with Crippen LogP contribution in [0.15, 0.2) is 42.0 Å². The second-order valence-corrected chi connectivity index (χ2v) is 13.6. The minimum Gasteiger partial charge on any atom is -0.493 e. The van der Waals surface area contributed by atoms with E-state index in [1.807, 2.05) is 0 Å². The van der Waals surface area contributed by atoms with Gasteiger partial charge >= 0.3 is 0 Å². The highest BCUT2D eigenvalue weighted by Crippen LogP contribution is 2.38. The molecule has 2 aromatic carbocycles. The molecule has 1 unspecified atom stereocenters. The Balaban J connectivity index is 1.43. The number of hydrogen-bond donors (Lipinski definition) is 4. The van der Waals surface area contributed by atoms with Crippen molar-refractivity contribution in [1.29, 1.82) is 0 Å². The number of nitrogens with zero attached hydrogens (tertiary/aromatic N) is 4. The largest absolute Gasteiger partial charge is 0.493 e. The summed E-state index contributed by atoms with van der Waals surface area (Å²) < 4.78 is 23.2. The van der Waals surface area contributed by atoms with Gasteiger partial charge in [0.05, 0.1) is 69.8 Å². The molecule has 0 aromatic heterocycles. The number of aliphatic imine (C=N–C) groups is 1. The summed E-state index contributed by atoms with van der Waals surface area (Å²) in [7, 11) is 5.97. The molecule has 1 fully saturated rings. The highest BCUT2D eigenvalue weighted by Gasteiger charge is 2.35. The van der Waals surface area contributed by atoms with Crippen LogP contribution in [0, 0.1) is 5.92 Å². The summed E-state index contributed by atoms with van der Waals surface area (Å²) in [5, 5.41) is 10.1. The van der Waals surface area contributed by atoms with Gasteiger partial charge in [-0.2, -0.15) is 0 Å². The summed E-state index contributed by atoms with van der Waals surface area (Å²) in [6, 6.07) is 4.32. The van der Waals surface area contributed by atoms with Crippen molar-refractivity contribution in [1.82, 2.24) is 31.4 Å². The Morgan fingerprint density at radius 1 is 0.879 bits per heavy atom. The van der Waals surface area contributed by atoms with Crippen LogP contribution in [0.4, 0.5) is 11.4 Å². The molecule has 6 amide bonds. The van der Waals surface area contributed by atoms with Gasteiger partial charge in [-0.3, -0.25) is 38.6 Å². The molecule has 0 aliphatic carbocycles. The first-order chi connectivity index (χ1) is 27.6. The van der Waals surface area contributed by atoms with Crippen molar-refractivity contribution in [3.63, 3.8) is 0 Å². The van der Waals surface area contributed by atoms with E-state index in [9.17, 15) is 28.8 Å². The van der Waals surface area contributed by atoms with Crippen molar-refractivity contribution < 1.29 is 52.6 Å². The Morgan fingerprint density at radius 3 is 2.09 bits per heavy atom. The molecule has 2 aliphatic rings. The van der Waals surface area contributed by atoms with Crippen molar-refractivity contribution >= 4 is 53.0 Å². The molecule has 4 N–H and O–H groups in total. The van der Waals surface area contributed by atoms with Crippen LogP contribution in [0.2, 0.25) is 0 Å². The summed E-state index contributed by atoms with van der Waals surface area (Å²) in [5.74, 6) is -1.85. The van der Waals surface area contributed by atoms with Gasteiger partial charge in [0.2, 0.25) is 23.6 Å². The standard InChI is InChI=1S/C39H52N8O11/c1-10-40-37(51)26-19-30(55-8)32(58-17-11-16-57-31-20-27-25(18-29(31)54-7)39(53)46(56-9)15-14-41-27)21-28(26)45(6)24(5)43-36(50)23(4)42-38(52)35(22(2)3)44-47-33(48)12-13-34(47)49/h10,14,18-24,35,44H,1,11-13,15-17H2,2-9H3,(H,40,51)(H,42,52)(H,43,50)/t23-,24?,35-/m0/s1. The number of nitrogens with one attached hydrogen (secondary N) is 4. The summed E-state index contributed by atoms with van der Waals surface area (Å²) in [6.45, 7) is 10.8. The third-order valence-electron chi connectivity index (χ3n) is 9.33. The fourth-order valence-corrected chi connectivity index (χ4v) is 5.95. The molecule has 1 saturated heterocycles. The molecular formula is C39H52N8O11. The summed E-state index contributed by atoms with van der Waals surface area (Å²) >= 11 is 0. The van der Waals surface area contributed by atoms with Crippen LogP contribution in [0.25, 0.3) is 0 Å². The fraction of sp³-hybridized carbons (Fsp3) is 0.462. The molecule has 3 atom stereocenters. The van der Waals surface area contributed by atoms with E-state index < -0.39 is 47.8 Å². The SMILES string of the molecule is C=CNC(=O)c1cc(OC)c(OCCCOc2cc3c(cc2OC)C(=O)N(OC)CC=N3)cc1N(C)C(C)NC(=O)[C@H](C)NC(=O)[C@@H](NN1C(=O)CCC1=O)C(C)C. The molecule has 0 bridgehead atoms. The lowest BCUT2D eigenvalue weighted by Gasteiger charge is -2.31. The maximum absolute atomic E-state index is 13.3. The lowest BCUT2D eigenvalue weighted by molar-refractivity contribution is -0.145. The topological polar surface area (TPSA) is 219 Å². The lowest BCUT2D eigenvalue weighted by Crippen LogP contribution is -2.59. The predicted octanol–water partition coefficient (Wildman–Crippen LogP) is 2.23. The number of benzene rings is 2. The molecule has 314 valence electrons. The molecule has 0 spiro atoms. The van der Waals surface area contributed by atoms with E-state index in [0.29, 0.717) is 40.6 Å². The van der Waals surface area contributed by atoms with Crippen LogP contribution >= 0.6 is 0 Å². The normalized spacial score (nSPS) is 15.2. The van der Waals surface area contributed by atoms with Gasteiger partial charge in [0.1, 0.15) is 12.1 Å². The Kier molecular flexibility index (Phi) is 15.6. The number of anilines is 1. The van der Waals surface area contributed by atoms with Crippen molar-refractivity contribution in [2.75, 3.05) is 53.0 Å². The number of rotatable bonds is 20. The van der Waals surface area contributed by atoms with Gasteiger partial charge in [0.25, 0.3) is 11.8 Å². The zero-order valence-electron chi connectivity index (χ0n) is 34.0. The molecule has 4 rings (SSSR count). The first-order valence-corrected chi connectivity index (χ1v) is 18.6. The van der Waals surface area contributed by atoms with Gasteiger partial charge in [-0.05, 0) is 38.1 Å². The average Bonchev–Trinajstić information content (AvgIpc) is 3.43. The number of fused-ring (bicyclic) bond motifs is 1. The number of ether oxygens (including phenoxy) is 4. The Labute approximate surface area is 336 Å². The molecule has 0 saturated carbocycles. The fourth-order valence-electron chi connectivity index (χ4n) is 5.95. The number of methoxy groups -OCH3 is 2. The molecule has 19 nitrogen and oxygen atoms in total. The van der Waals surface area contributed by atoms with E-state index in [0.717, 1.165) is 5.01 Å². The average molecular weight is 809 g/mol. The van der Waals surface area contributed by atoms with Crippen molar-refractivity contribution in [3.05, 3.63) is 48.2 Å². The lowest BCUT2D eigenvalue weighted by atomic mass is 10.0. The summed E-state index contributed by atoms with van der Waals surface area (Å²) in [4.78, 5) is 88.1. The monoisotopic (exact) mass is 808 g/mol. The van der Waals surface area contributed by atoms with Crippen LogP contribution in [0.1, 0.15) is 67.7 Å². The number of imide groups is 1. The highest BCUT2D eigenvalue weighted by molar-refractivity contribution is 6.03. The molecule has 2 aliphatic heterocycles. The molecule has 58 heavy (non-hydrogen) atoms. The van der Waals surface area contributed by atoms with Gasteiger partial charge in [-0.15, -0.1) is 0 Å². The number of hydrazine groups is 1. The number of amides is 6. The van der Waals surface area contributed by atoms with E-state index in [1.165, 1.54) is 45.6 Å². The first-order valence-electron chi connectivity index (χ1n) is 18.6. The number of hydroxylamine groups is 2. The van der Waals surface area contributed by atoms with Crippen LogP contribution in [0.5, 0.6) is 23.0 Å². The predicted molar refractivity (Wildman–Crippen MR) is 212 cm³/mol. The van der Waals surface area contributed by atoms with Crippen molar-refractivity contribution in [3.8, 4) is 23.0 Å². The van der Waals surface area contributed by atoms with Crippen molar-refractivity contribution in [2.45, 2.75) is 65.2 Å². The van der Waals surface area contributed by atoms with E-state index in [4.69, 9.17) is 23.8 Å². The smallest absolute Gasteiger partial charge is 0.280 e. The van der Waals surface area contributed by atoms with Gasteiger partial charge in [0, 0.05) is 44.7 Å². The third kappa shape index (κ3) is 10.6. The van der Waals surface area contributed by atoms with E-state index in [-0.39, 0.29) is 55.7 Å². The summed E-state index contributed by atoms with van der Waals surface area (Å²) in [6.07, 6.45) is 2.60. The van der Waals surface area contributed by atoms with E-state index in [1.54, 1.807) is 57.1 Å².